The number of H-pyrrole nitrogens is 1. The first kappa shape index (κ1) is 11.8. The minimum absolute atomic E-state index is 0.00422. The van der Waals surface area contributed by atoms with Crippen LogP contribution in [-0.4, -0.2) is 9.78 Å². The molecule has 0 unspecified atom stereocenters. The van der Waals surface area contributed by atoms with Gasteiger partial charge in [-0.25, -0.2) is 0 Å². The molecule has 7 heteroatoms. The van der Waals surface area contributed by atoms with Crippen LogP contribution < -0.4 is 0 Å². The molecule has 0 atom stereocenters. The zero-order chi connectivity index (χ0) is 11.6. The normalized spacial score (nSPS) is 11.4. The van der Waals surface area contributed by atoms with Crippen molar-refractivity contribution in [3.8, 4) is 6.07 Å². The lowest BCUT2D eigenvalue weighted by Gasteiger charge is -2.04. The third-order valence-corrected chi connectivity index (χ3v) is 2.44. The number of alkyl halides is 3. The van der Waals surface area contributed by atoms with Crippen LogP contribution in [0.1, 0.15) is 17.7 Å². The summed E-state index contributed by atoms with van der Waals surface area (Å²) in [4.78, 5) is 0. The Morgan fingerprint density at radius 2 is 2.13 bits per heavy atom. The second-order valence-electron chi connectivity index (χ2n) is 2.97. The lowest BCUT2D eigenvalue weighted by molar-refractivity contribution is -0.141. The monoisotopic (exact) mass is 235 g/mol. The Morgan fingerprint density at radius 3 is 2.53 bits per heavy atom. The van der Waals surface area contributed by atoms with Crippen molar-refractivity contribution in [1.82, 2.24) is 9.78 Å². The second-order valence-corrected chi connectivity index (χ2v) is 3.36. The molecule has 0 aliphatic carbocycles. The number of hydrogen-bond donors (Lipinski definition) is 1. The van der Waals surface area contributed by atoms with Crippen LogP contribution in [0.4, 0.5) is 13.2 Å². The van der Waals surface area contributed by atoms with E-state index < -0.39 is 11.9 Å². The average Bonchev–Trinajstić information content (AvgIpc) is 2.41. The summed E-state index contributed by atoms with van der Waals surface area (Å²) in [6.07, 6.45) is -4.32. The third kappa shape index (κ3) is 2.39. The molecule has 0 aliphatic heterocycles. The van der Waals surface area contributed by atoms with Gasteiger partial charge in [-0.3, -0.25) is 9.78 Å². The van der Waals surface area contributed by atoms with Crippen molar-refractivity contribution in [2.24, 2.45) is 0 Å². The van der Waals surface area contributed by atoms with E-state index in [0.717, 1.165) is 4.68 Å². The highest BCUT2D eigenvalue weighted by atomic mass is 32.1. The van der Waals surface area contributed by atoms with Gasteiger partial charge in [0.05, 0.1) is 19.0 Å². The number of rotatable bonds is 2. The van der Waals surface area contributed by atoms with Gasteiger partial charge in [-0.15, -0.1) is 0 Å². The minimum atomic E-state index is -4.43. The van der Waals surface area contributed by atoms with Gasteiger partial charge >= 0.3 is 6.18 Å². The molecule has 82 valence electrons. The highest BCUT2D eigenvalue weighted by Crippen LogP contribution is 2.30. The number of nitriles is 1. The first-order valence-corrected chi connectivity index (χ1v) is 4.52. The maximum atomic E-state index is 12.4. The number of nitrogens with zero attached hydrogens (tertiary/aromatic N) is 2. The average molecular weight is 235 g/mol. The summed E-state index contributed by atoms with van der Waals surface area (Å²) in [5.74, 6) is 0. The lowest BCUT2D eigenvalue weighted by Crippen LogP contribution is -2.09. The summed E-state index contributed by atoms with van der Waals surface area (Å²) in [6, 6.07) is 1.84. The van der Waals surface area contributed by atoms with E-state index in [4.69, 9.17) is 17.5 Å². The van der Waals surface area contributed by atoms with Crippen LogP contribution in [0.25, 0.3) is 0 Å². The summed E-state index contributed by atoms with van der Waals surface area (Å²) in [7, 11) is 0. The topological polar surface area (TPSA) is 44.5 Å². The number of aromatic amines is 1. The fourth-order valence-corrected chi connectivity index (χ4v) is 1.41. The van der Waals surface area contributed by atoms with Gasteiger partial charge in [0.15, 0.2) is 0 Å². The number of halogens is 3. The molecule has 0 saturated heterocycles. The molecule has 1 aromatic heterocycles. The maximum Gasteiger partial charge on any atom is 0.433 e. The van der Waals surface area contributed by atoms with Crippen LogP contribution >= 0.6 is 12.2 Å². The number of aromatic nitrogens is 2. The van der Waals surface area contributed by atoms with Crippen LogP contribution in [0.5, 0.6) is 0 Å². The molecule has 1 aromatic rings. The van der Waals surface area contributed by atoms with E-state index >= 15 is 0 Å². The van der Waals surface area contributed by atoms with E-state index in [0.29, 0.717) is 0 Å². The minimum Gasteiger partial charge on any atom is -0.293 e. The molecule has 0 aliphatic rings. The summed E-state index contributed by atoms with van der Waals surface area (Å²) in [5.41, 5.74) is -0.846. The largest absolute Gasteiger partial charge is 0.433 e. The standard InChI is InChI=1S/C8H8F3N3S/c1-5-6(8(9,10)11)13-14(7(5)15)4-2-3-12/h13H,2,4H2,1H3. The van der Waals surface area contributed by atoms with E-state index in [-0.39, 0.29) is 23.2 Å². The molecule has 0 amide bonds. The quantitative estimate of drug-likeness (QED) is 0.801. The van der Waals surface area contributed by atoms with Crippen molar-refractivity contribution in [3.05, 3.63) is 15.9 Å². The van der Waals surface area contributed by atoms with Crippen LogP contribution in [0, 0.1) is 22.9 Å². The van der Waals surface area contributed by atoms with E-state index in [9.17, 15) is 13.2 Å². The summed E-state index contributed by atoms with van der Waals surface area (Å²) < 4.78 is 38.5. The molecule has 0 radical (unpaired) electrons. The molecule has 0 fully saturated rings. The zero-order valence-corrected chi connectivity index (χ0v) is 8.67. The van der Waals surface area contributed by atoms with E-state index in [1.807, 2.05) is 6.07 Å². The van der Waals surface area contributed by atoms with Crippen molar-refractivity contribution < 1.29 is 13.2 Å². The Balaban J connectivity index is 3.15. The Labute approximate surface area is 89.1 Å². The number of nitrogens with one attached hydrogen (secondary N) is 1. The molecule has 0 saturated carbocycles. The maximum absolute atomic E-state index is 12.4. The molecular formula is C8H8F3N3S. The van der Waals surface area contributed by atoms with Crippen LogP contribution in [0.15, 0.2) is 0 Å². The molecule has 0 spiro atoms. The number of aryl methyl sites for hydroxylation is 1. The van der Waals surface area contributed by atoms with Crippen molar-refractivity contribution in [1.29, 1.82) is 5.26 Å². The van der Waals surface area contributed by atoms with Gasteiger partial charge in [-0.2, -0.15) is 18.4 Å². The van der Waals surface area contributed by atoms with Crippen molar-refractivity contribution in [2.45, 2.75) is 26.1 Å². The molecule has 0 bridgehead atoms. The SMILES string of the molecule is Cc1c(C(F)(F)F)[nH]n(CCC#N)c1=S. The van der Waals surface area contributed by atoms with Gasteiger partial charge in [0, 0.05) is 5.56 Å². The summed E-state index contributed by atoms with van der Waals surface area (Å²) in [5, 5.41) is 10.5. The van der Waals surface area contributed by atoms with Crippen LogP contribution in [-0.2, 0) is 12.7 Å². The third-order valence-electron chi connectivity index (χ3n) is 1.92. The van der Waals surface area contributed by atoms with Crippen molar-refractivity contribution >= 4 is 12.2 Å². The van der Waals surface area contributed by atoms with Gasteiger partial charge in [0.2, 0.25) is 0 Å². The van der Waals surface area contributed by atoms with Gasteiger partial charge in [-0.1, -0.05) is 12.2 Å². The van der Waals surface area contributed by atoms with Gasteiger partial charge < -0.3 is 0 Å². The number of hydrogen-bond acceptors (Lipinski definition) is 2. The van der Waals surface area contributed by atoms with E-state index in [2.05, 4.69) is 5.10 Å². The molecule has 1 heterocycles. The summed E-state index contributed by atoms with van der Waals surface area (Å²) in [6.45, 7) is 1.46. The molecule has 0 aromatic carbocycles. The second kappa shape index (κ2) is 4.06. The van der Waals surface area contributed by atoms with Gasteiger partial charge in [0.1, 0.15) is 10.3 Å². The highest BCUT2D eigenvalue weighted by Gasteiger charge is 2.35. The fraction of sp³-hybridized carbons (Fsp3) is 0.500. The Bertz CT molecular complexity index is 449. The van der Waals surface area contributed by atoms with Crippen LogP contribution in [0.3, 0.4) is 0 Å². The lowest BCUT2D eigenvalue weighted by atomic mass is 10.3. The smallest absolute Gasteiger partial charge is 0.293 e. The van der Waals surface area contributed by atoms with Gasteiger partial charge in [-0.05, 0) is 6.92 Å². The predicted molar refractivity (Wildman–Crippen MR) is 49.6 cm³/mol. The fourth-order valence-electron chi connectivity index (χ4n) is 1.17. The summed E-state index contributed by atoms with van der Waals surface area (Å²) >= 11 is 4.82. The predicted octanol–water partition coefficient (Wildman–Crippen LogP) is 2.79. The first-order chi connectivity index (χ1) is 6.88. The Kier molecular flexibility index (Phi) is 3.19. The molecule has 1 rings (SSSR count). The van der Waals surface area contributed by atoms with Crippen molar-refractivity contribution in [2.75, 3.05) is 0 Å². The van der Waals surface area contributed by atoms with Crippen molar-refractivity contribution in [3.63, 3.8) is 0 Å². The molecule has 15 heavy (non-hydrogen) atoms. The Morgan fingerprint density at radius 1 is 1.53 bits per heavy atom. The van der Waals surface area contributed by atoms with E-state index in [1.54, 1.807) is 0 Å². The molecular weight excluding hydrogens is 227 g/mol. The van der Waals surface area contributed by atoms with E-state index in [1.165, 1.54) is 6.92 Å². The van der Waals surface area contributed by atoms with Gasteiger partial charge in [0.25, 0.3) is 0 Å². The molecule has 3 nitrogen and oxygen atoms in total. The highest BCUT2D eigenvalue weighted by molar-refractivity contribution is 7.71. The van der Waals surface area contributed by atoms with Crippen LogP contribution in [0.2, 0.25) is 0 Å². The first-order valence-electron chi connectivity index (χ1n) is 4.11. The zero-order valence-electron chi connectivity index (χ0n) is 7.85. The molecule has 1 N–H and O–H groups in total. The Hall–Kier alpha value is -1.29.